The number of hydrogen-bond acceptors (Lipinski definition) is 4. The van der Waals surface area contributed by atoms with Crippen LogP contribution in [0.4, 0.5) is 11.4 Å². The molecule has 0 aliphatic carbocycles. The van der Waals surface area contributed by atoms with Crippen LogP contribution in [-0.4, -0.2) is 0 Å². The number of rotatable bonds is 1. The maximum absolute atomic E-state index is 5.68. The zero-order valence-electron chi connectivity index (χ0n) is 8.51. The van der Waals surface area contributed by atoms with Crippen LogP contribution in [0.2, 0.25) is 0 Å². The van der Waals surface area contributed by atoms with Crippen LogP contribution in [0.25, 0.3) is 11.1 Å². The molecule has 4 heteroatoms. The first kappa shape index (κ1) is 11.2. The average molecular weight is 248 g/mol. The maximum Gasteiger partial charge on any atom is 0.0325 e. The van der Waals surface area contributed by atoms with Crippen LogP contribution in [0.1, 0.15) is 0 Å². The van der Waals surface area contributed by atoms with Crippen molar-refractivity contribution in [2.45, 2.75) is 9.79 Å². The molecule has 0 saturated heterocycles. The van der Waals surface area contributed by atoms with E-state index in [9.17, 15) is 0 Å². The second-order valence-corrected chi connectivity index (χ2v) is 4.52. The molecular weight excluding hydrogens is 236 g/mol. The Kier molecular flexibility index (Phi) is 3.03. The molecule has 2 aromatic carbocycles. The van der Waals surface area contributed by atoms with Crippen molar-refractivity contribution < 1.29 is 0 Å². The molecule has 0 aromatic heterocycles. The summed E-state index contributed by atoms with van der Waals surface area (Å²) in [6.45, 7) is 0. The van der Waals surface area contributed by atoms with Gasteiger partial charge >= 0.3 is 0 Å². The van der Waals surface area contributed by atoms with Gasteiger partial charge in [0, 0.05) is 21.2 Å². The van der Waals surface area contributed by atoms with Crippen LogP contribution in [0.15, 0.2) is 46.2 Å². The Balaban J connectivity index is 2.59. The van der Waals surface area contributed by atoms with Crippen molar-refractivity contribution in [1.82, 2.24) is 0 Å². The molecular formula is C12H12N2S2. The minimum atomic E-state index is 0.699. The zero-order valence-corrected chi connectivity index (χ0v) is 10.3. The molecule has 4 N–H and O–H groups in total. The van der Waals surface area contributed by atoms with Crippen LogP contribution >= 0.6 is 25.3 Å². The van der Waals surface area contributed by atoms with Gasteiger partial charge in [0.2, 0.25) is 0 Å². The Hall–Kier alpha value is -1.26. The van der Waals surface area contributed by atoms with Gasteiger partial charge in [-0.2, -0.15) is 0 Å². The lowest BCUT2D eigenvalue weighted by Gasteiger charge is -2.09. The van der Waals surface area contributed by atoms with Gasteiger partial charge in [-0.05, 0) is 35.4 Å². The summed E-state index contributed by atoms with van der Waals surface area (Å²) < 4.78 is 0. The molecule has 2 aromatic rings. The van der Waals surface area contributed by atoms with Crippen LogP contribution < -0.4 is 11.5 Å². The Labute approximate surface area is 105 Å². The molecule has 0 aliphatic heterocycles. The van der Waals surface area contributed by atoms with Crippen molar-refractivity contribution in [3.8, 4) is 11.1 Å². The van der Waals surface area contributed by atoms with E-state index in [4.69, 9.17) is 11.5 Å². The Morgan fingerprint density at radius 3 is 1.38 bits per heavy atom. The monoisotopic (exact) mass is 248 g/mol. The highest BCUT2D eigenvalue weighted by Gasteiger charge is 2.06. The lowest BCUT2D eigenvalue weighted by atomic mass is 10.0. The smallest absolute Gasteiger partial charge is 0.0325 e. The van der Waals surface area contributed by atoms with Crippen LogP contribution in [0, 0.1) is 0 Å². The molecule has 0 heterocycles. The van der Waals surface area contributed by atoms with Crippen molar-refractivity contribution >= 4 is 36.6 Å². The van der Waals surface area contributed by atoms with Crippen LogP contribution in [0.5, 0.6) is 0 Å². The molecule has 0 atom stereocenters. The van der Waals surface area contributed by atoms with Crippen molar-refractivity contribution in [2.24, 2.45) is 0 Å². The molecule has 0 radical (unpaired) electrons. The number of thiol groups is 2. The van der Waals surface area contributed by atoms with Gasteiger partial charge in [0.25, 0.3) is 0 Å². The first-order valence-corrected chi connectivity index (χ1v) is 5.65. The summed E-state index contributed by atoms with van der Waals surface area (Å²) >= 11 is 8.81. The number of nitrogen functional groups attached to an aromatic ring is 2. The third-order valence-electron chi connectivity index (χ3n) is 2.33. The lowest BCUT2D eigenvalue weighted by Crippen LogP contribution is -1.89. The normalized spacial score (nSPS) is 10.4. The molecule has 0 bridgehead atoms. The number of nitrogens with two attached hydrogens (primary N) is 2. The highest BCUT2D eigenvalue weighted by atomic mass is 32.1. The third kappa shape index (κ3) is 2.13. The lowest BCUT2D eigenvalue weighted by molar-refractivity contribution is 1.39. The summed E-state index contributed by atoms with van der Waals surface area (Å²) in [5.41, 5.74) is 14.8. The third-order valence-corrected chi connectivity index (χ3v) is 3.07. The quantitative estimate of drug-likeness (QED) is 0.463. The van der Waals surface area contributed by atoms with Gasteiger partial charge in [0.1, 0.15) is 0 Å². The second kappa shape index (κ2) is 4.31. The molecule has 0 amide bonds. The van der Waals surface area contributed by atoms with Crippen molar-refractivity contribution in [3.05, 3.63) is 36.4 Å². The van der Waals surface area contributed by atoms with Gasteiger partial charge in [-0.3, -0.25) is 0 Å². The van der Waals surface area contributed by atoms with E-state index in [2.05, 4.69) is 25.3 Å². The fourth-order valence-electron chi connectivity index (χ4n) is 1.55. The molecule has 82 valence electrons. The predicted octanol–water partition coefficient (Wildman–Crippen LogP) is 3.10. The fraction of sp³-hybridized carbons (Fsp3) is 0. The van der Waals surface area contributed by atoms with E-state index < -0.39 is 0 Å². The maximum atomic E-state index is 5.68. The number of benzene rings is 2. The Morgan fingerprint density at radius 2 is 1.06 bits per heavy atom. The Bertz CT molecular complexity index is 489. The van der Waals surface area contributed by atoms with E-state index in [0.29, 0.717) is 11.4 Å². The minimum Gasteiger partial charge on any atom is -0.399 e. The van der Waals surface area contributed by atoms with Crippen molar-refractivity contribution in [3.63, 3.8) is 0 Å². The summed E-state index contributed by atoms with van der Waals surface area (Å²) in [6, 6.07) is 11.2. The highest BCUT2D eigenvalue weighted by molar-refractivity contribution is 7.80. The summed E-state index contributed by atoms with van der Waals surface area (Å²) in [4.78, 5) is 1.67. The fourth-order valence-corrected chi connectivity index (χ4v) is 2.24. The molecule has 2 nitrogen and oxygen atoms in total. The number of hydrogen-bond donors (Lipinski definition) is 4. The van der Waals surface area contributed by atoms with E-state index in [-0.39, 0.29) is 0 Å². The van der Waals surface area contributed by atoms with E-state index in [1.165, 1.54) is 0 Å². The van der Waals surface area contributed by atoms with Gasteiger partial charge in [0.15, 0.2) is 0 Å². The minimum absolute atomic E-state index is 0.699. The van der Waals surface area contributed by atoms with Crippen LogP contribution in [-0.2, 0) is 0 Å². The van der Waals surface area contributed by atoms with Crippen molar-refractivity contribution in [1.29, 1.82) is 0 Å². The molecule has 2 rings (SSSR count). The Morgan fingerprint density at radius 1 is 0.688 bits per heavy atom. The van der Waals surface area contributed by atoms with Gasteiger partial charge in [-0.25, -0.2) is 0 Å². The van der Waals surface area contributed by atoms with Gasteiger partial charge in [-0.1, -0.05) is 12.1 Å². The molecule has 0 aliphatic rings. The van der Waals surface area contributed by atoms with E-state index >= 15 is 0 Å². The zero-order chi connectivity index (χ0) is 11.7. The molecule has 0 spiro atoms. The summed E-state index contributed by atoms with van der Waals surface area (Å²) in [5.74, 6) is 0. The predicted molar refractivity (Wildman–Crippen MR) is 75.2 cm³/mol. The average Bonchev–Trinajstić information content (AvgIpc) is 2.19. The van der Waals surface area contributed by atoms with Crippen LogP contribution in [0.3, 0.4) is 0 Å². The summed E-state index contributed by atoms with van der Waals surface area (Å²) in [5, 5.41) is 0. The first-order valence-electron chi connectivity index (χ1n) is 4.75. The largest absolute Gasteiger partial charge is 0.399 e. The number of anilines is 2. The topological polar surface area (TPSA) is 52.0 Å². The molecule has 0 unspecified atom stereocenters. The van der Waals surface area contributed by atoms with Gasteiger partial charge in [-0.15, -0.1) is 25.3 Å². The molecule has 16 heavy (non-hydrogen) atoms. The summed E-state index contributed by atoms with van der Waals surface area (Å²) in [6.07, 6.45) is 0. The standard InChI is InChI=1S/C12H12N2S2/c13-7-1-3-9(11(15)5-7)10-4-2-8(14)6-12(10)16/h1-6,15-16H,13-14H2. The van der Waals surface area contributed by atoms with E-state index in [1.807, 2.05) is 36.4 Å². The summed E-state index contributed by atoms with van der Waals surface area (Å²) in [7, 11) is 0. The first-order chi connectivity index (χ1) is 7.58. The SMILES string of the molecule is Nc1ccc(-c2ccc(N)cc2S)c(S)c1. The molecule has 0 saturated carbocycles. The second-order valence-electron chi connectivity index (χ2n) is 3.55. The van der Waals surface area contributed by atoms with Gasteiger partial charge in [0.05, 0.1) is 0 Å². The molecule has 0 fully saturated rings. The van der Waals surface area contributed by atoms with Gasteiger partial charge < -0.3 is 11.5 Å². The highest BCUT2D eigenvalue weighted by Crippen LogP contribution is 2.33. The van der Waals surface area contributed by atoms with E-state index in [0.717, 1.165) is 20.9 Å². The van der Waals surface area contributed by atoms with E-state index in [1.54, 1.807) is 0 Å². The van der Waals surface area contributed by atoms with Crippen molar-refractivity contribution in [2.75, 3.05) is 11.5 Å².